The van der Waals surface area contributed by atoms with E-state index in [1.54, 1.807) is 34.6 Å². The highest BCUT2D eigenvalue weighted by Gasteiger charge is 2.28. The summed E-state index contributed by atoms with van der Waals surface area (Å²) in [6.45, 7) is 8.42. The molecule has 0 bridgehead atoms. The van der Waals surface area contributed by atoms with Crippen LogP contribution in [0.1, 0.15) is 40.2 Å². The molecule has 1 rings (SSSR count). The Bertz CT molecular complexity index is 590. The van der Waals surface area contributed by atoms with E-state index in [4.69, 9.17) is 9.47 Å². The summed E-state index contributed by atoms with van der Waals surface area (Å²) in [6, 6.07) is 8.34. The molecule has 1 N–H and O–H groups in total. The van der Waals surface area contributed by atoms with Crippen LogP contribution in [-0.4, -0.2) is 36.1 Å². The lowest BCUT2D eigenvalue weighted by molar-refractivity contribution is -0.151. The summed E-state index contributed by atoms with van der Waals surface area (Å²) in [5, 5.41) is 2.50. The van der Waals surface area contributed by atoms with Crippen molar-refractivity contribution in [3.05, 3.63) is 35.9 Å². The zero-order chi connectivity index (χ0) is 19.0. The first-order valence-electron chi connectivity index (χ1n) is 8.30. The fourth-order valence-corrected chi connectivity index (χ4v) is 2.05. The molecular formula is C19H27NO5. The van der Waals surface area contributed by atoms with Crippen LogP contribution in [0.5, 0.6) is 0 Å². The van der Waals surface area contributed by atoms with E-state index in [0.717, 1.165) is 5.56 Å². The van der Waals surface area contributed by atoms with Crippen molar-refractivity contribution >= 4 is 17.8 Å². The molecule has 6 heteroatoms. The molecular weight excluding hydrogens is 322 g/mol. The third kappa shape index (κ3) is 8.33. The first-order chi connectivity index (χ1) is 11.6. The maximum absolute atomic E-state index is 12.2. The van der Waals surface area contributed by atoms with Gasteiger partial charge in [0, 0.05) is 6.42 Å². The van der Waals surface area contributed by atoms with Crippen molar-refractivity contribution in [3.63, 3.8) is 0 Å². The smallest absolute Gasteiger partial charge is 0.408 e. The fourth-order valence-electron chi connectivity index (χ4n) is 2.05. The second-order valence-corrected chi connectivity index (χ2v) is 7.18. The number of Topliss-reactive ketones (excluding diaryl/α,β-unsaturated/α-hetero) is 1. The summed E-state index contributed by atoms with van der Waals surface area (Å²) in [6.07, 6.45) is -0.501. The van der Waals surface area contributed by atoms with Gasteiger partial charge in [0.05, 0.1) is 0 Å². The average Bonchev–Trinajstić information content (AvgIpc) is 2.49. The van der Waals surface area contributed by atoms with Gasteiger partial charge in [0.2, 0.25) is 0 Å². The van der Waals surface area contributed by atoms with Crippen molar-refractivity contribution < 1.29 is 23.9 Å². The summed E-state index contributed by atoms with van der Waals surface area (Å²) < 4.78 is 10.2. The minimum atomic E-state index is -0.876. The normalized spacial score (nSPS) is 12.4. The van der Waals surface area contributed by atoms with Gasteiger partial charge in [0.25, 0.3) is 0 Å². The Morgan fingerprint density at radius 3 is 2.20 bits per heavy atom. The number of nitrogens with one attached hydrogen (secondary N) is 1. The van der Waals surface area contributed by atoms with E-state index in [0.29, 0.717) is 0 Å². The monoisotopic (exact) mass is 349 g/mol. The van der Waals surface area contributed by atoms with Gasteiger partial charge < -0.3 is 14.8 Å². The van der Waals surface area contributed by atoms with Crippen LogP contribution in [0.4, 0.5) is 4.79 Å². The third-order valence-corrected chi connectivity index (χ3v) is 3.21. The quantitative estimate of drug-likeness (QED) is 0.766. The molecule has 0 spiro atoms. The number of hydrogen-bond donors (Lipinski definition) is 1. The van der Waals surface area contributed by atoms with Crippen molar-refractivity contribution in [1.29, 1.82) is 0 Å². The van der Waals surface area contributed by atoms with E-state index in [1.165, 1.54) is 0 Å². The van der Waals surface area contributed by atoms with Gasteiger partial charge in [-0.2, -0.15) is 0 Å². The standard InChI is InChI=1S/C19H27NO5/c1-13(2)16(20-18(23)25-19(3,4)5)17(22)24-12-15(21)11-14-9-7-6-8-10-14/h6-10,13,16H,11-12H2,1-5H3,(H,20,23)/t16-/m1/s1. The van der Waals surface area contributed by atoms with Crippen molar-refractivity contribution in [2.45, 2.75) is 52.7 Å². The minimum Gasteiger partial charge on any atom is -0.456 e. The predicted molar refractivity (Wildman–Crippen MR) is 94.1 cm³/mol. The molecule has 138 valence electrons. The molecule has 0 heterocycles. The molecule has 0 radical (unpaired) electrons. The molecule has 25 heavy (non-hydrogen) atoms. The van der Waals surface area contributed by atoms with Crippen molar-refractivity contribution in [2.24, 2.45) is 5.92 Å². The van der Waals surface area contributed by atoms with Crippen LogP contribution in [-0.2, 0) is 25.5 Å². The molecule has 0 aliphatic rings. The Labute approximate surface area is 148 Å². The van der Waals surface area contributed by atoms with E-state index in [9.17, 15) is 14.4 Å². The first kappa shape index (κ1) is 20.7. The highest BCUT2D eigenvalue weighted by Crippen LogP contribution is 2.10. The molecule has 0 aliphatic heterocycles. The summed E-state index contributed by atoms with van der Waals surface area (Å²) in [5.74, 6) is -1.06. The molecule has 1 aromatic rings. The number of benzene rings is 1. The van der Waals surface area contributed by atoms with Crippen LogP contribution in [0.3, 0.4) is 0 Å². The first-order valence-corrected chi connectivity index (χ1v) is 8.30. The Morgan fingerprint density at radius 1 is 1.08 bits per heavy atom. The average molecular weight is 349 g/mol. The molecule has 1 atom stereocenters. The van der Waals surface area contributed by atoms with E-state index < -0.39 is 23.7 Å². The topological polar surface area (TPSA) is 81.7 Å². The number of ether oxygens (including phenoxy) is 2. The Hall–Kier alpha value is -2.37. The molecule has 1 amide bonds. The number of rotatable bonds is 7. The number of alkyl carbamates (subject to hydrolysis) is 1. The minimum absolute atomic E-state index is 0.194. The Kier molecular flexibility index (Phi) is 7.61. The summed E-state index contributed by atoms with van der Waals surface area (Å²) >= 11 is 0. The van der Waals surface area contributed by atoms with Crippen LogP contribution in [0.2, 0.25) is 0 Å². The molecule has 0 aromatic heterocycles. The molecule has 0 aliphatic carbocycles. The van der Waals surface area contributed by atoms with Gasteiger partial charge in [0.15, 0.2) is 5.78 Å². The lowest BCUT2D eigenvalue weighted by Crippen LogP contribution is -2.47. The van der Waals surface area contributed by atoms with Crippen molar-refractivity contribution in [1.82, 2.24) is 5.32 Å². The van der Waals surface area contributed by atoms with E-state index >= 15 is 0 Å². The summed E-state index contributed by atoms with van der Waals surface area (Å²) in [7, 11) is 0. The van der Waals surface area contributed by atoms with Crippen LogP contribution in [0.25, 0.3) is 0 Å². The van der Waals surface area contributed by atoms with Gasteiger partial charge >= 0.3 is 12.1 Å². The largest absolute Gasteiger partial charge is 0.456 e. The second-order valence-electron chi connectivity index (χ2n) is 7.18. The van der Waals surface area contributed by atoms with Crippen LogP contribution in [0.15, 0.2) is 30.3 Å². The van der Waals surface area contributed by atoms with Gasteiger partial charge in [-0.1, -0.05) is 44.2 Å². The van der Waals surface area contributed by atoms with Crippen LogP contribution >= 0.6 is 0 Å². The summed E-state index contributed by atoms with van der Waals surface area (Å²) in [5.41, 5.74) is 0.192. The van der Waals surface area contributed by atoms with Crippen LogP contribution in [0, 0.1) is 5.92 Å². The maximum atomic E-state index is 12.2. The van der Waals surface area contributed by atoms with Crippen LogP contribution < -0.4 is 5.32 Å². The molecule has 1 aromatic carbocycles. The lowest BCUT2D eigenvalue weighted by atomic mass is 10.1. The Balaban J connectivity index is 2.53. The van der Waals surface area contributed by atoms with E-state index in [1.807, 2.05) is 30.3 Å². The van der Waals surface area contributed by atoms with Crippen molar-refractivity contribution in [3.8, 4) is 0 Å². The lowest BCUT2D eigenvalue weighted by Gasteiger charge is -2.24. The molecule has 0 fully saturated rings. The van der Waals surface area contributed by atoms with Gasteiger partial charge in [-0.25, -0.2) is 9.59 Å². The molecule has 6 nitrogen and oxygen atoms in total. The molecule has 0 unspecified atom stereocenters. The fraction of sp³-hybridized carbons (Fsp3) is 0.526. The van der Waals surface area contributed by atoms with Gasteiger partial charge in [0.1, 0.15) is 18.2 Å². The zero-order valence-corrected chi connectivity index (χ0v) is 15.5. The number of amides is 1. The molecule has 0 saturated heterocycles. The van der Waals surface area contributed by atoms with Gasteiger partial charge in [-0.3, -0.25) is 4.79 Å². The van der Waals surface area contributed by atoms with E-state index in [2.05, 4.69) is 5.32 Å². The van der Waals surface area contributed by atoms with Gasteiger partial charge in [-0.15, -0.1) is 0 Å². The van der Waals surface area contributed by atoms with Gasteiger partial charge in [-0.05, 0) is 32.3 Å². The third-order valence-electron chi connectivity index (χ3n) is 3.21. The zero-order valence-electron chi connectivity index (χ0n) is 15.5. The maximum Gasteiger partial charge on any atom is 0.408 e. The SMILES string of the molecule is CC(C)[C@@H](NC(=O)OC(C)(C)C)C(=O)OCC(=O)Cc1ccccc1. The number of ketones is 1. The number of esters is 1. The predicted octanol–water partition coefficient (Wildman–Crippen LogP) is 2.89. The van der Waals surface area contributed by atoms with Crippen molar-refractivity contribution in [2.75, 3.05) is 6.61 Å². The number of carbonyl (C=O) groups excluding carboxylic acids is 3. The number of carbonyl (C=O) groups is 3. The number of hydrogen-bond acceptors (Lipinski definition) is 5. The summed E-state index contributed by atoms with van der Waals surface area (Å²) in [4.78, 5) is 36.0. The Morgan fingerprint density at radius 2 is 1.68 bits per heavy atom. The van der Waals surface area contributed by atoms with E-state index in [-0.39, 0.29) is 24.7 Å². The highest BCUT2D eigenvalue weighted by atomic mass is 16.6. The highest BCUT2D eigenvalue weighted by molar-refractivity contribution is 5.86. The molecule has 0 saturated carbocycles. The second kappa shape index (κ2) is 9.20.